The number of phenols is 2. The van der Waals surface area contributed by atoms with E-state index >= 15 is 0 Å². The lowest BCUT2D eigenvalue weighted by atomic mass is 10.0. The Balaban J connectivity index is 3.06. The van der Waals surface area contributed by atoms with E-state index in [4.69, 9.17) is 5.73 Å². The topological polar surface area (TPSA) is 83.6 Å². The van der Waals surface area contributed by atoms with Gasteiger partial charge in [0.1, 0.15) is 0 Å². The molecule has 1 rings (SSSR count). The molecule has 0 heterocycles. The van der Waals surface area contributed by atoms with Gasteiger partial charge in [-0.1, -0.05) is 0 Å². The summed E-state index contributed by atoms with van der Waals surface area (Å²) in [6.07, 6.45) is 0.240. The minimum Gasteiger partial charge on any atom is -0.504 e. The summed E-state index contributed by atoms with van der Waals surface area (Å²) in [6, 6.07) is 2.79. The Hall–Kier alpha value is -1.55. The average Bonchev–Trinajstić information content (AvgIpc) is 2.13. The van der Waals surface area contributed by atoms with E-state index in [2.05, 4.69) is 0 Å². The molecule has 0 saturated heterocycles. The van der Waals surface area contributed by atoms with Gasteiger partial charge < -0.3 is 15.9 Å². The van der Waals surface area contributed by atoms with Crippen molar-refractivity contribution < 1.29 is 15.0 Å². The number of benzene rings is 1. The lowest BCUT2D eigenvalue weighted by Gasteiger charge is -2.05. The molecule has 76 valence electrons. The maximum Gasteiger partial charge on any atom is 0.164 e. The van der Waals surface area contributed by atoms with Crippen LogP contribution < -0.4 is 5.73 Å². The molecule has 4 N–H and O–H groups in total. The molecule has 0 aliphatic carbocycles. The van der Waals surface area contributed by atoms with Crippen molar-refractivity contribution in [2.75, 3.05) is 6.54 Å². The highest BCUT2D eigenvalue weighted by molar-refractivity contribution is 5.97. The van der Waals surface area contributed by atoms with E-state index in [-0.39, 0.29) is 30.2 Å². The summed E-state index contributed by atoms with van der Waals surface area (Å²) in [5.41, 5.74) is 6.10. The number of nitrogens with two attached hydrogens (primary N) is 1. The predicted octanol–water partition coefficient (Wildman–Crippen LogP) is 0.938. The maximum absolute atomic E-state index is 11.4. The molecule has 0 saturated carbocycles. The molecule has 1 aromatic rings. The van der Waals surface area contributed by atoms with Crippen LogP contribution in [0.25, 0.3) is 0 Å². The fourth-order valence-electron chi connectivity index (χ4n) is 1.20. The van der Waals surface area contributed by atoms with Gasteiger partial charge in [-0.05, 0) is 31.2 Å². The van der Waals surface area contributed by atoms with Crippen molar-refractivity contribution in [1.29, 1.82) is 0 Å². The normalized spacial score (nSPS) is 10.1. The first kappa shape index (κ1) is 10.5. The average molecular weight is 195 g/mol. The second-order valence-electron chi connectivity index (χ2n) is 3.12. The number of hydrogen-bond acceptors (Lipinski definition) is 4. The van der Waals surface area contributed by atoms with Gasteiger partial charge in [0.2, 0.25) is 0 Å². The van der Waals surface area contributed by atoms with Crippen molar-refractivity contribution in [2.24, 2.45) is 5.73 Å². The number of rotatable bonds is 3. The highest BCUT2D eigenvalue weighted by Gasteiger charge is 2.10. The summed E-state index contributed by atoms with van der Waals surface area (Å²) in [6.45, 7) is 1.90. The number of aromatic hydroxyl groups is 2. The largest absolute Gasteiger partial charge is 0.504 e. The van der Waals surface area contributed by atoms with Crippen LogP contribution >= 0.6 is 0 Å². The lowest BCUT2D eigenvalue weighted by molar-refractivity contribution is 0.0985. The molecular weight excluding hydrogens is 182 g/mol. The van der Waals surface area contributed by atoms with Gasteiger partial charge in [0.15, 0.2) is 17.3 Å². The van der Waals surface area contributed by atoms with Crippen LogP contribution in [-0.4, -0.2) is 22.5 Å². The van der Waals surface area contributed by atoms with Gasteiger partial charge in [0, 0.05) is 12.0 Å². The summed E-state index contributed by atoms with van der Waals surface area (Å²) < 4.78 is 0. The Morgan fingerprint density at radius 2 is 2.07 bits per heavy atom. The van der Waals surface area contributed by atoms with E-state index in [1.807, 2.05) is 0 Å². The highest BCUT2D eigenvalue weighted by Crippen LogP contribution is 2.29. The Morgan fingerprint density at radius 1 is 1.43 bits per heavy atom. The van der Waals surface area contributed by atoms with E-state index in [9.17, 15) is 15.0 Å². The molecule has 4 heteroatoms. The van der Waals surface area contributed by atoms with Crippen molar-refractivity contribution in [3.8, 4) is 11.5 Å². The van der Waals surface area contributed by atoms with Crippen LogP contribution in [0, 0.1) is 6.92 Å². The minimum atomic E-state index is -0.273. The van der Waals surface area contributed by atoms with Crippen LogP contribution in [0.15, 0.2) is 12.1 Å². The Morgan fingerprint density at radius 3 is 2.57 bits per heavy atom. The quantitative estimate of drug-likeness (QED) is 0.495. The van der Waals surface area contributed by atoms with Crippen LogP contribution in [0.3, 0.4) is 0 Å². The fourth-order valence-corrected chi connectivity index (χ4v) is 1.20. The first-order chi connectivity index (χ1) is 6.56. The van der Waals surface area contributed by atoms with Crippen LogP contribution in [-0.2, 0) is 0 Å². The fraction of sp³-hybridized carbons (Fsp3) is 0.300. The van der Waals surface area contributed by atoms with Gasteiger partial charge in [-0.3, -0.25) is 4.79 Å². The van der Waals surface area contributed by atoms with Crippen molar-refractivity contribution in [2.45, 2.75) is 13.3 Å². The molecule has 1 aromatic carbocycles. The predicted molar refractivity (Wildman–Crippen MR) is 52.5 cm³/mol. The number of aryl methyl sites for hydroxylation is 1. The van der Waals surface area contributed by atoms with E-state index < -0.39 is 0 Å². The molecule has 0 unspecified atom stereocenters. The summed E-state index contributed by atoms with van der Waals surface area (Å²) >= 11 is 0. The zero-order valence-corrected chi connectivity index (χ0v) is 7.95. The number of Topliss-reactive ketones (excluding diaryl/α,β-unsaturated/α-hetero) is 1. The van der Waals surface area contributed by atoms with E-state index in [1.165, 1.54) is 12.1 Å². The van der Waals surface area contributed by atoms with Crippen LogP contribution in [0.2, 0.25) is 0 Å². The molecule has 0 aliphatic rings. The molecule has 0 atom stereocenters. The number of carbonyl (C=O) groups is 1. The van der Waals surface area contributed by atoms with Crippen molar-refractivity contribution in [3.05, 3.63) is 23.3 Å². The van der Waals surface area contributed by atoms with E-state index in [1.54, 1.807) is 6.92 Å². The van der Waals surface area contributed by atoms with E-state index in [0.29, 0.717) is 11.1 Å². The molecular formula is C10H13NO3. The Bertz CT molecular complexity index is 337. The third-order valence-corrected chi connectivity index (χ3v) is 1.97. The van der Waals surface area contributed by atoms with Gasteiger partial charge in [0.05, 0.1) is 0 Å². The highest BCUT2D eigenvalue weighted by atomic mass is 16.3. The third kappa shape index (κ3) is 2.03. The number of carbonyl (C=O) groups excluding carboxylic acids is 1. The zero-order chi connectivity index (χ0) is 10.7. The molecule has 0 aliphatic heterocycles. The van der Waals surface area contributed by atoms with Gasteiger partial charge >= 0.3 is 0 Å². The zero-order valence-electron chi connectivity index (χ0n) is 7.95. The lowest BCUT2D eigenvalue weighted by Crippen LogP contribution is -2.08. The van der Waals surface area contributed by atoms with Gasteiger partial charge in [-0.15, -0.1) is 0 Å². The molecule has 0 bridgehead atoms. The van der Waals surface area contributed by atoms with Crippen LogP contribution in [0.4, 0.5) is 0 Å². The monoisotopic (exact) mass is 195 g/mol. The Labute approximate surface area is 82.0 Å². The Kier molecular flexibility index (Phi) is 3.09. The second-order valence-corrected chi connectivity index (χ2v) is 3.12. The van der Waals surface area contributed by atoms with Crippen molar-refractivity contribution in [1.82, 2.24) is 0 Å². The van der Waals surface area contributed by atoms with Gasteiger partial charge in [-0.2, -0.15) is 0 Å². The standard InChI is InChI=1S/C10H13NO3/c1-6-4-7(8(12)2-3-11)5-9(13)10(6)14/h4-5,13-14H,2-3,11H2,1H3. The number of phenolic OH excluding ortho intramolecular Hbond substituents is 2. The number of hydrogen-bond donors (Lipinski definition) is 3. The molecule has 4 nitrogen and oxygen atoms in total. The smallest absolute Gasteiger partial charge is 0.164 e. The third-order valence-electron chi connectivity index (χ3n) is 1.97. The van der Waals surface area contributed by atoms with Crippen LogP contribution in [0.5, 0.6) is 11.5 Å². The minimum absolute atomic E-state index is 0.133. The first-order valence-corrected chi connectivity index (χ1v) is 4.32. The maximum atomic E-state index is 11.4. The van der Waals surface area contributed by atoms with Gasteiger partial charge in [-0.25, -0.2) is 0 Å². The number of ketones is 1. The van der Waals surface area contributed by atoms with Crippen LogP contribution in [0.1, 0.15) is 22.3 Å². The SMILES string of the molecule is Cc1cc(C(=O)CCN)cc(O)c1O. The molecule has 14 heavy (non-hydrogen) atoms. The summed E-state index contributed by atoms with van der Waals surface area (Å²) in [5.74, 6) is -0.592. The first-order valence-electron chi connectivity index (χ1n) is 4.32. The molecule has 0 radical (unpaired) electrons. The van der Waals surface area contributed by atoms with Crippen molar-refractivity contribution in [3.63, 3.8) is 0 Å². The van der Waals surface area contributed by atoms with Gasteiger partial charge in [0.25, 0.3) is 0 Å². The molecule has 0 spiro atoms. The van der Waals surface area contributed by atoms with Crippen molar-refractivity contribution >= 4 is 5.78 Å². The molecule has 0 aromatic heterocycles. The summed E-state index contributed by atoms with van der Waals surface area (Å²) in [4.78, 5) is 11.4. The van der Waals surface area contributed by atoms with E-state index in [0.717, 1.165) is 0 Å². The molecule has 0 amide bonds. The summed E-state index contributed by atoms with van der Waals surface area (Å²) in [7, 11) is 0. The second kappa shape index (κ2) is 4.11. The molecule has 0 fully saturated rings. The summed E-state index contributed by atoms with van der Waals surface area (Å²) in [5, 5.41) is 18.5.